The fourth-order valence-corrected chi connectivity index (χ4v) is 1.07. The van der Waals surface area contributed by atoms with Crippen molar-refractivity contribution in [3.05, 3.63) is 29.8 Å². The molecule has 0 saturated heterocycles. The van der Waals surface area contributed by atoms with Gasteiger partial charge in [-0.3, -0.25) is 4.79 Å². The van der Waals surface area contributed by atoms with Crippen LogP contribution in [0.1, 0.15) is 10.4 Å². The summed E-state index contributed by atoms with van der Waals surface area (Å²) >= 11 is 3.66. The van der Waals surface area contributed by atoms with Crippen molar-refractivity contribution < 1.29 is 14.3 Å². The lowest BCUT2D eigenvalue weighted by molar-refractivity contribution is 0.0900. The van der Waals surface area contributed by atoms with Gasteiger partial charge in [0.2, 0.25) is 0 Å². The Morgan fingerprint density at radius 3 is 2.27 bits per heavy atom. The van der Waals surface area contributed by atoms with Gasteiger partial charge in [-0.05, 0) is 24.3 Å². The zero-order chi connectivity index (χ0) is 11.4. The van der Waals surface area contributed by atoms with Gasteiger partial charge in [0.05, 0.1) is 7.11 Å². The summed E-state index contributed by atoms with van der Waals surface area (Å²) in [5.41, 5.74) is 5.21. The SMILES string of the molecule is COc1ccc(C(=O)N(S)C(N)=O)cc1. The maximum absolute atomic E-state index is 11.5. The Labute approximate surface area is 92.4 Å². The number of imide groups is 1. The largest absolute Gasteiger partial charge is 0.497 e. The molecule has 0 aromatic heterocycles. The van der Waals surface area contributed by atoms with Crippen LogP contribution in [0.4, 0.5) is 4.79 Å². The highest BCUT2D eigenvalue weighted by Crippen LogP contribution is 2.13. The molecule has 0 heterocycles. The molecule has 15 heavy (non-hydrogen) atoms. The van der Waals surface area contributed by atoms with Gasteiger partial charge in [-0.25, -0.2) is 9.10 Å². The Hall–Kier alpha value is -1.69. The standard InChI is InChI=1S/C9H10N2O3S/c1-14-7-4-2-6(3-5-7)8(12)11(15)9(10)13/h2-5,15H,1H3,(H2,10,13). The maximum Gasteiger partial charge on any atom is 0.331 e. The first-order valence-corrected chi connectivity index (χ1v) is 4.43. The Morgan fingerprint density at radius 1 is 1.33 bits per heavy atom. The summed E-state index contributed by atoms with van der Waals surface area (Å²) < 4.78 is 5.46. The van der Waals surface area contributed by atoms with Gasteiger partial charge in [0.15, 0.2) is 0 Å². The maximum atomic E-state index is 11.5. The van der Waals surface area contributed by atoms with Crippen molar-refractivity contribution in [2.24, 2.45) is 5.73 Å². The van der Waals surface area contributed by atoms with Crippen molar-refractivity contribution in [3.8, 4) is 5.75 Å². The highest BCUT2D eigenvalue weighted by molar-refractivity contribution is 7.79. The molecule has 1 rings (SSSR count). The van der Waals surface area contributed by atoms with Crippen molar-refractivity contribution >= 4 is 24.8 Å². The minimum Gasteiger partial charge on any atom is -0.497 e. The van der Waals surface area contributed by atoms with Crippen LogP contribution in [0.25, 0.3) is 0 Å². The number of nitrogens with zero attached hydrogens (tertiary/aromatic N) is 1. The number of carbonyl (C=O) groups excluding carboxylic acids is 2. The Morgan fingerprint density at radius 2 is 1.87 bits per heavy atom. The topological polar surface area (TPSA) is 72.6 Å². The first kappa shape index (κ1) is 11.4. The van der Waals surface area contributed by atoms with E-state index in [9.17, 15) is 9.59 Å². The van der Waals surface area contributed by atoms with Crippen molar-refractivity contribution in [1.82, 2.24) is 4.31 Å². The van der Waals surface area contributed by atoms with Gasteiger partial charge >= 0.3 is 6.03 Å². The molecule has 0 aliphatic heterocycles. The van der Waals surface area contributed by atoms with Crippen LogP contribution in [0, 0.1) is 0 Å². The third kappa shape index (κ3) is 2.63. The lowest BCUT2D eigenvalue weighted by Crippen LogP contribution is -2.33. The fraction of sp³-hybridized carbons (Fsp3) is 0.111. The van der Waals surface area contributed by atoms with E-state index in [2.05, 4.69) is 12.8 Å². The van der Waals surface area contributed by atoms with Crippen LogP contribution in [-0.4, -0.2) is 23.4 Å². The van der Waals surface area contributed by atoms with E-state index in [-0.39, 0.29) is 0 Å². The number of amides is 3. The summed E-state index contributed by atoms with van der Waals surface area (Å²) in [5, 5.41) is 0. The van der Waals surface area contributed by atoms with Crippen molar-refractivity contribution in [1.29, 1.82) is 0 Å². The predicted molar refractivity (Wildman–Crippen MR) is 57.7 cm³/mol. The molecule has 0 aliphatic carbocycles. The number of thiol groups is 1. The van der Waals surface area contributed by atoms with Gasteiger partial charge < -0.3 is 10.5 Å². The monoisotopic (exact) mass is 226 g/mol. The molecule has 0 saturated carbocycles. The molecule has 0 aliphatic rings. The molecular formula is C9H10N2O3S. The molecular weight excluding hydrogens is 216 g/mol. The van der Waals surface area contributed by atoms with E-state index in [0.717, 1.165) is 0 Å². The lowest BCUT2D eigenvalue weighted by Gasteiger charge is -2.10. The van der Waals surface area contributed by atoms with Crippen LogP contribution in [-0.2, 0) is 0 Å². The smallest absolute Gasteiger partial charge is 0.331 e. The number of rotatable bonds is 2. The number of primary amides is 1. The minimum absolute atomic E-state index is 0.310. The van der Waals surface area contributed by atoms with Crippen LogP contribution < -0.4 is 10.5 Å². The van der Waals surface area contributed by atoms with Crippen molar-refractivity contribution in [2.75, 3.05) is 7.11 Å². The number of carbonyl (C=O) groups is 2. The van der Waals surface area contributed by atoms with Crippen LogP contribution in [0.2, 0.25) is 0 Å². The van der Waals surface area contributed by atoms with Crippen molar-refractivity contribution in [3.63, 3.8) is 0 Å². The van der Waals surface area contributed by atoms with E-state index in [4.69, 9.17) is 10.5 Å². The highest BCUT2D eigenvalue weighted by Gasteiger charge is 2.16. The second-order valence-electron chi connectivity index (χ2n) is 2.68. The highest BCUT2D eigenvalue weighted by atomic mass is 32.1. The van der Waals surface area contributed by atoms with Crippen LogP contribution in [0.3, 0.4) is 0 Å². The molecule has 6 heteroatoms. The number of hydrogen-bond acceptors (Lipinski definition) is 4. The summed E-state index contributed by atoms with van der Waals surface area (Å²) in [4.78, 5) is 22.2. The predicted octanol–water partition coefficient (Wildman–Crippen LogP) is 1.06. The van der Waals surface area contributed by atoms with Gasteiger partial charge in [0, 0.05) is 5.56 Å². The number of hydrogen-bond donors (Lipinski definition) is 2. The van der Waals surface area contributed by atoms with Crippen LogP contribution >= 0.6 is 12.8 Å². The summed E-state index contributed by atoms with van der Waals surface area (Å²) in [5.74, 6) is 0.0461. The quantitative estimate of drug-likeness (QED) is 0.740. The Kier molecular flexibility index (Phi) is 3.56. The molecule has 0 bridgehead atoms. The Bertz CT molecular complexity index is 377. The zero-order valence-electron chi connectivity index (χ0n) is 8.01. The summed E-state index contributed by atoms with van der Waals surface area (Å²) in [7, 11) is 1.52. The van der Waals surface area contributed by atoms with Gasteiger partial charge in [-0.15, -0.1) is 0 Å². The molecule has 0 radical (unpaired) electrons. The molecule has 1 aromatic rings. The van der Waals surface area contributed by atoms with Crippen molar-refractivity contribution in [2.45, 2.75) is 0 Å². The molecule has 1 aromatic carbocycles. The zero-order valence-corrected chi connectivity index (χ0v) is 8.90. The first-order chi connectivity index (χ1) is 7.06. The number of methoxy groups -OCH3 is 1. The third-order valence-electron chi connectivity index (χ3n) is 1.74. The summed E-state index contributed by atoms with van der Waals surface area (Å²) in [6, 6.07) is 5.34. The number of benzene rings is 1. The van der Waals surface area contributed by atoms with Crippen LogP contribution in [0.15, 0.2) is 24.3 Å². The first-order valence-electron chi connectivity index (χ1n) is 4.03. The van der Waals surface area contributed by atoms with Crippen LogP contribution in [0.5, 0.6) is 5.75 Å². The van der Waals surface area contributed by atoms with Gasteiger partial charge in [-0.1, -0.05) is 12.8 Å². The van der Waals surface area contributed by atoms with E-state index < -0.39 is 11.9 Å². The third-order valence-corrected chi connectivity index (χ3v) is 2.12. The minimum atomic E-state index is -0.917. The lowest BCUT2D eigenvalue weighted by atomic mass is 10.2. The van der Waals surface area contributed by atoms with Gasteiger partial charge in [0.1, 0.15) is 5.75 Å². The average molecular weight is 226 g/mol. The summed E-state index contributed by atoms with van der Waals surface area (Å²) in [6.45, 7) is 0. The summed E-state index contributed by atoms with van der Waals surface area (Å²) in [6.07, 6.45) is 0. The van der Waals surface area contributed by atoms with E-state index in [1.54, 1.807) is 12.1 Å². The second-order valence-corrected chi connectivity index (χ2v) is 3.08. The molecule has 2 N–H and O–H groups in total. The Balaban J connectivity index is 2.87. The molecule has 0 atom stereocenters. The van der Waals surface area contributed by atoms with E-state index in [1.807, 2.05) is 0 Å². The molecule has 80 valence electrons. The van der Waals surface area contributed by atoms with E-state index in [1.165, 1.54) is 19.2 Å². The molecule has 0 fully saturated rings. The van der Waals surface area contributed by atoms with E-state index in [0.29, 0.717) is 15.6 Å². The molecule has 5 nitrogen and oxygen atoms in total. The number of urea groups is 1. The van der Waals surface area contributed by atoms with Gasteiger partial charge in [0.25, 0.3) is 5.91 Å². The molecule has 3 amide bonds. The van der Waals surface area contributed by atoms with Gasteiger partial charge in [-0.2, -0.15) is 0 Å². The second kappa shape index (κ2) is 4.70. The number of ether oxygens (including phenoxy) is 1. The normalized spacial score (nSPS) is 9.47. The average Bonchev–Trinajstić information content (AvgIpc) is 2.27. The number of nitrogens with two attached hydrogens (primary N) is 1. The molecule has 0 unspecified atom stereocenters. The fourth-order valence-electron chi connectivity index (χ4n) is 0.956. The molecule has 0 spiro atoms. The van der Waals surface area contributed by atoms with E-state index >= 15 is 0 Å².